The lowest BCUT2D eigenvalue weighted by Crippen LogP contribution is -2.52. The molecule has 1 unspecified atom stereocenters. The molecular formula is C29H29N7O3. The lowest BCUT2D eigenvalue weighted by molar-refractivity contribution is -0.123. The van der Waals surface area contributed by atoms with Crippen molar-refractivity contribution in [3.63, 3.8) is 0 Å². The molecular weight excluding hydrogens is 494 g/mol. The summed E-state index contributed by atoms with van der Waals surface area (Å²) in [5.74, 6) is -0.771. The van der Waals surface area contributed by atoms with Crippen molar-refractivity contribution in [1.29, 1.82) is 0 Å². The molecule has 0 radical (unpaired) electrons. The largest absolute Gasteiger partial charge is 0.321 e. The minimum atomic E-state index is -1.24. The number of anilines is 3. The van der Waals surface area contributed by atoms with Crippen molar-refractivity contribution in [1.82, 2.24) is 15.5 Å². The molecule has 0 fully saturated rings. The topological polar surface area (TPSA) is 123 Å². The fourth-order valence-corrected chi connectivity index (χ4v) is 4.74. The van der Waals surface area contributed by atoms with Gasteiger partial charge in [0.1, 0.15) is 6.54 Å². The van der Waals surface area contributed by atoms with E-state index in [0.717, 1.165) is 11.1 Å². The molecule has 4 aromatic rings. The number of aromatic amines is 1. The Hall–Kier alpha value is -4.99. The number of carbonyl (C=O) groups excluding carboxylic acids is 3. The van der Waals surface area contributed by atoms with Crippen LogP contribution in [0.3, 0.4) is 0 Å². The number of H-pyrrole nitrogens is 1. The molecule has 39 heavy (non-hydrogen) atoms. The summed E-state index contributed by atoms with van der Waals surface area (Å²) < 4.78 is 0. The first kappa shape index (κ1) is 25.7. The van der Waals surface area contributed by atoms with Crippen LogP contribution in [0.1, 0.15) is 26.3 Å². The fraction of sp³-hybridized carbons (Fsp3) is 0.207. The Morgan fingerprint density at radius 1 is 1.03 bits per heavy atom. The van der Waals surface area contributed by atoms with Gasteiger partial charge in [0.05, 0.1) is 23.1 Å². The van der Waals surface area contributed by atoms with Crippen molar-refractivity contribution in [3.05, 3.63) is 84.6 Å². The molecule has 0 bridgehead atoms. The number of amides is 4. The zero-order valence-electron chi connectivity index (χ0n) is 21.9. The third-order valence-electron chi connectivity index (χ3n) is 6.51. The van der Waals surface area contributed by atoms with Crippen LogP contribution in [-0.2, 0) is 9.59 Å². The molecule has 1 aliphatic rings. The van der Waals surface area contributed by atoms with Gasteiger partial charge in [-0.3, -0.25) is 24.6 Å². The van der Waals surface area contributed by atoms with E-state index in [9.17, 15) is 14.4 Å². The third-order valence-corrected chi connectivity index (χ3v) is 6.51. The van der Waals surface area contributed by atoms with E-state index in [0.29, 0.717) is 28.2 Å². The molecule has 3 N–H and O–H groups in total. The quantitative estimate of drug-likeness (QED) is 0.349. The van der Waals surface area contributed by atoms with E-state index in [1.807, 2.05) is 62.4 Å². The molecule has 4 amide bonds. The van der Waals surface area contributed by atoms with Gasteiger partial charge in [0.2, 0.25) is 12.1 Å². The van der Waals surface area contributed by atoms with Crippen LogP contribution in [0.4, 0.5) is 21.9 Å². The first-order chi connectivity index (χ1) is 18.8. The first-order valence-corrected chi connectivity index (χ1v) is 12.7. The highest BCUT2D eigenvalue weighted by molar-refractivity contribution is 6.15. The molecule has 1 aromatic heterocycles. The van der Waals surface area contributed by atoms with Crippen LogP contribution in [-0.4, -0.2) is 52.5 Å². The van der Waals surface area contributed by atoms with Gasteiger partial charge >= 0.3 is 6.03 Å². The Bertz CT molecular complexity index is 1560. The summed E-state index contributed by atoms with van der Waals surface area (Å²) in [6.45, 7) is 5.40. The Labute approximate surface area is 225 Å². The zero-order chi connectivity index (χ0) is 27.5. The normalized spacial score (nSPS) is 15.0. The average Bonchev–Trinajstić information content (AvgIpc) is 3.38. The summed E-state index contributed by atoms with van der Waals surface area (Å²) in [5, 5.41) is 13.2. The number of hydrogen-bond donors (Lipinski definition) is 3. The maximum Gasteiger partial charge on any atom is 0.321 e. The Kier molecular flexibility index (Phi) is 7.09. The molecule has 1 aliphatic heterocycles. The summed E-state index contributed by atoms with van der Waals surface area (Å²) in [6.07, 6.45) is 0.415. The number of fused-ring (bicyclic) bond motifs is 2. The van der Waals surface area contributed by atoms with Crippen LogP contribution in [0.15, 0.2) is 84.0 Å². The van der Waals surface area contributed by atoms with Gasteiger partial charge in [-0.05, 0) is 45.0 Å². The van der Waals surface area contributed by atoms with Gasteiger partial charge in [-0.1, -0.05) is 48.5 Å². The van der Waals surface area contributed by atoms with Gasteiger partial charge in [-0.25, -0.2) is 4.79 Å². The number of aromatic nitrogens is 2. The van der Waals surface area contributed by atoms with E-state index in [-0.39, 0.29) is 18.5 Å². The molecule has 198 valence electrons. The number of para-hydroxylation sites is 3. The Morgan fingerprint density at radius 2 is 1.77 bits per heavy atom. The van der Waals surface area contributed by atoms with Crippen molar-refractivity contribution in [2.75, 3.05) is 21.7 Å². The Balaban J connectivity index is 1.43. The summed E-state index contributed by atoms with van der Waals surface area (Å²) >= 11 is 0. The molecule has 0 saturated heterocycles. The summed E-state index contributed by atoms with van der Waals surface area (Å²) in [6, 6.07) is 21.3. The molecule has 0 spiro atoms. The lowest BCUT2D eigenvalue weighted by atomic mass is 10.1. The van der Waals surface area contributed by atoms with Crippen LogP contribution in [0.25, 0.3) is 10.9 Å². The van der Waals surface area contributed by atoms with E-state index < -0.39 is 18.1 Å². The van der Waals surface area contributed by atoms with Crippen LogP contribution in [0, 0.1) is 0 Å². The summed E-state index contributed by atoms with van der Waals surface area (Å²) in [4.78, 5) is 48.1. The number of urea groups is 1. The Morgan fingerprint density at radius 3 is 2.54 bits per heavy atom. The zero-order valence-corrected chi connectivity index (χ0v) is 21.9. The minimum Gasteiger partial charge on any atom is -0.308 e. The number of nitrogens with zero attached hydrogens (tertiary/aromatic N) is 4. The highest BCUT2D eigenvalue weighted by Crippen LogP contribution is 2.27. The van der Waals surface area contributed by atoms with Gasteiger partial charge < -0.3 is 15.5 Å². The van der Waals surface area contributed by atoms with Crippen molar-refractivity contribution in [3.8, 4) is 0 Å². The first-order valence-electron chi connectivity index (χ1n) is 12.7. The van der Waals surface area contributed by atoms with E-state index in [4.69, 9.17) is 0 Å². The predicted molar refractivity (Wildman–Crippen MR) is 152 cm³/mol. The van der Waals surface area contributed by atoms with Crippen LogP contribution in [0.5, 0.6) is 0 Å². The van der Waals surface area contributed by atoms with Gasteiger partial charge in [0.15, 0.2) is 0 Å². The van der Waals surface area contributed by atoms with E-state index >= 15 is 0 Å². The molecule has 10 nitrogen and oxygen atoms in total. The van der Waals surface area contributed by atoms with Crippen molar-refractivity contribution >= 4 is 51.5 Å². The van der Waals surface area contributed by atoms with Gasteiger partial charge in [-0.2, -0.15) is 5.10 Å². The van der Waals surface area contributed by atoms with E-state index in [1.165, 1.54) is 4.90 Å². The number of rotatable bonds is 6. The number of benzene rings is 3. The predicted octanol–water partition coefficient (Wildman–Crippen LogP) is 4.31. The molecule has 0 saturated carbocycles. The van der Waals surface area contributed by atoms with E-state index in [1.54, 1.807) is 42.3 Å². The molecule has 3 aromatic carbocycles. The van der Waals surface area contributed by atoms with E-state index in [2.05, 4.69) is 25.8 Å². The van der Waals surface area contributed by atoms with Crippen LogP contribution >= 0.6 is 0 Å². The standard InChI is InChI=1S/C29H29N7O3/c1-18(2)36(21-11-5-4-6-12-21)25(37)17-35-24-15-8-7-13-22(24)19(3)31-27(28(35)38)33-29(39)32-23-14-9-10-20-16-30-34-26(20)23/h4-16,18,27H,17H2,1-3H3,(H,30,34)(H2,32,33,39). The molecule has 2 heterocycles. The molecule has 0 aliphatic carbocycles. The number of carbonyl (C=O) groups is 3. The van der Waals surface area contributed by atoms with Crippen molar-refractivity contribution < 1.29 is 14.4 Å². The van der Waals surface area contributed by atoms with Crippen molar-refractivity contribution in [2.24, 2.45) is 4.99 Å². The second-order valence-corrected chi connectivity index (χ2v) is 9.49. The second kappa shape index (κ2) is 10.8. The summed E-state index contributed by atoms with van der Waals surface area (Å²) in [5.41, 5.74) is 3.74. The summed E-state index contributed by atoms with van der Waals surface area (Å²) in [7, 11) is 0. The fourth-order valence-electron chi connectivity index (χ4n) is 4.74. The molecule has 5 rings (SSSR count). The number of benzodiazepines with no additional fused rings is 1. The van der Waals surface area contributed by atoms with Crippen LogP contribution < -0.4 is 20.4 Å². The maximum absolute atomic E-state index is 13.9. The van der Waals surface area contributed by atoms with Gasteiger partial charge in [0, 0.05) is 28.4 Å². The van der Waals surface area contributed by atoms with Crippen molar-refractivity contribution in [2.45, 2.75) is 33.0 Å². The minimum absolute atomic E-state index is 0.139. The molecule has 10 heteroatoms. The second-order valence-electron chi connectivity index (χ2n) is 9.49. The highest BCUT2D eigenvalue weighted by Gasteiger charge is 2.34. The average molecular weight is 524 g/mol. The van der Waals surface area contributed by atoms with Gasteiger partial charge in [-0.15, -0.1) is 0 Å². The lowest BCUT2D eigenvalue weighted by Gasteiger charge is -2.31. The van der Waals surface area contributed by atoms with Crippen LogP contribution in [0.2, 0.25) is 0 Å². The maximum atomic E-state index is 13.9. The smallest absolute Gasteiger partial charge is 0.308 e. The monoisotopic (exact) mass is 523 g/mol. The third kappa shape index (κ3) is 5.22. The number of hydrogen-bond acceptors (Lipinski definition) is 5. The SMILES string of the molecule is CC1=NC(NC(=O)Nc2cccc3cn[nH]c23)C(=O)N(CC(=O)N(c2ccccc2)C(C)C)c2ccccc21. The highest BCUT2D eigenvalue weighted by atomic mass is 16.2. The number of nitrogens with one attached hydrogen (secondary N) is 3. The van der Waals surface area contributed by atoms with Gasteiger partial charge in [0.25, 0.3) is 5.91 Å². The molecule has 1 atom stereocenters. The number of aliphatic imine (C=N–C) groups is 1.